The lowest BCUT2D eigenvalue weighted by molar-refractivity contribution is 0.0679. The van der Waals surface area contributed by atoms with E-state index < -0.39 is 12.2 Å². The summed E-state index contributed by atoms with van der Waals surface area (Å²) in [6.45, 7) is 0.312. The molecule has 2 heterocycles. The number of pyridine rings is 1. The van der Waals surface area contributed by atoms with Crippen molar-refractivity contribution in [1.29, 1.82) is 5.26 Å². The number of fused-ring (bicyclic) bond motifs is 1. The summed E-state index contributed by atoms with van der Waals surface area (Å²) in [6, 6.07) is 19.8. The van der Waals surface area contributed by atoms with Gasteiger partial charge in [0.05, 0.1) is 23.5 Å². The molecule has 0 aliphatic heterocycles. The Balaban J connectivity index is 1.54. The Kier molecular flexibility index (Phi) is 7.08. The summed E-state index contributed by atoms with van der Waals surface area (Å²) in [5.41, 5.74) is 2.27. The van der Waals surface area contributed by atoms with Crippen LogP contribution in [0.15, 0.2) is 66.9 Å². The van der Waals surface area contributed by atoms with Gasteiger partial charge in [-0.05, 0) is 48.7 Å². The maximum atomic E-state index is 12.8. The van der Waals surface area contributed by atoms with E-state index in [1.807, 2.05) is 41.1 Å². The zero-order chi connectivity index (χ0) is 25.8. The molecular formula is C28H25F2N5O2. The third-order valence-electron chi connectivity index (χ3n) is 6.64. The molecule has 9 heteroatoms. The van der Waals surface area contributed by atoms with Crippen LogP contribution < -0.4 is 10.1 Å². The predicted octanol–water partition coefficient (Wildman–Crippen LogP) is 6.46. The zero-order valence-corrected chi connectivity index (χ0v) is 20.0. The minimum atomic E-state index is -3.06. The molecule has 1 saturated carbocycles. The minimum Gasteiger partial charge on any atom is -0.472 e. The highest BCUT2D eigenvalue weighted by molar-refractivity contribution is 5.99. The van der Waals surface area contributed by atoms with Crippen molar-refractivity contribution in [2.24, 2.45) is 5.92 Å². The normalized spacial score (nSPS) is 17.5. The average Bonchev–Trinajstić information content (AvgIpc) is 3.31. The van der Waals surface area contributed by atoms with E-state index in [1.54, 1.807) is 18.3 Å². The number of carbonyl (C=O) groups excluding carboxylic acids is 1. The smallest absolute Gasteiger partial charge is 0.300 e. The van der Waals surface area contributed by atoms with E-state index in [0.717, 1.165) is 36.8 Å². The summed E-state index contributed by atoms with van der Waals surface area (Å²) >= 11 is 0. The summed E-state index contributed by atoms with van der Waals surface area (Å²) in [4.78, 5) is 16.1. The van der Waals surface area contributed by atoms with Gasteiger partial charge >= 0.3 is 6.43 Å². The molecule has 7 nitrogen and oxygen atoms in total. The Bertz CT molecular complexity index is 1430. The number of alkyl halides is 2. The molecule has 1 fully saturated rings. The van der Waals surface area contributed by atoms with Gasteiger partial charge in [0.1, 0.15) is 12.0 Å². The van der Waals surface area contributed by atoms with Crippen LogP contribution in [0.5, 0.6) is 5.88 Å². The van der Waals surface area contributed by atoms with Crippen LogP contribution in [0.2, 0.25) is 0 Å². The van der Waals surface area contributed by atoms with Gasteiger partial charge in [0, 0.05) is 17.4 Å². The van der Waals surface area contributed by atoms with Crippen molar-refractivity contribution < 1.29 is 18.3 Å². The second kappa shape index (κ2) is 10.7. The molecule has 1 unspecified atom stereocenters. The molecule has 1 aliphatic rings. The topological polar surface area (TPSA) is 92.8 Å². The van der Waals surface area contributed by atoms with E-state index in [9.17, 15) is 18.8 Å². The third-order valence-corrected chi connectivity index (χ3v) is 6.64. The largest absolute Gasteiger partial charge is 0.472 e. The maximum absolute atomic E-state index is 12.8. The molecule has 1 aliphatic carbocycles. The number of hydrogen-bond donors (Lipinski definition) is 1. The lowest BCUT2D eigenvalue weighted by Crippen LogP contribution is -2.23. The zero-order valence-electron chi connectivity index (χ0n) is 20.0. The van der Waals surface area contributed by atoms with Crippen LogP contribution in [0.3, 0.4) is 0 Å². The molecule has 37 heavy (non-hydrogen) atoms. The van der Waals surface area contributed by atoms with Crippen LogP contribution >= 0.6 is 0 Å². The lowest BCUT2D eigenvalue weighted by Gasteiger charge is -2.27. The fraction of sp³-hybridized carbons (Fsp3) is 0.286. The number of anilines is 2. The van der Waals surface area contributed by atoms with Crippen LogP contribution in [-0.2, 0) is 6.61 Å². The van der Waals surface area contributed by atoms with Gasteiger partial charge < -0.3 is 10.1 Å². The number of carbonyl (C=O) groups is 1. The monoisotopic (exact) mass is 501 g/mol. The van der Waals surface area contributed by atoms with Gasteiger partial charge in [0.2, 0.25) is 11.7 Å². The molecule has 0 saturated heterocycles. The fourth-order valence-corrected chi connectivity index (χ4v) is 4.77. The van der Waals surface area contributed by atoms with E-state index in [1.165, 1.54) is 12.1 Å². The van der Waals surface area contributed by atoms with Crippen molar-refractivity contribution in [3.05, 3.63) is 78.0 Å². The van der Waals surface area contributed by atoms with Gasteiger partial charge in [-0.25, -0.2) is 13.8 Å². The molecule has 188 valence electrons. The van der Waals surface area contributed by atoms with Gasteiger partial charge in [-0.15, -0.1) is 0 Å². The van der Waals surface area contributed by atoms with E-state index in [4.69, 9.17) is 9.84 Å². The Hall–Kier alpha value is -4.32. The van der Waals surface area contributed by atoms with Gasteiger partial charge in [-0.1, -0.05) is 43.2 Å². The number of hydrogen-bond acceptors (Lipinski definition) is 6. The summed E-state index contributed by atoms with van der Waals surface area (Å²) in [5.74, 6) is -0.515. The summed E-state index contributed by atoms with van der Waals surface area (Å²) in [5, 5.41) is 18.5. The lowest BCUT2D eigenvalue weighted by atomic mass is 9.85. The number of ketones is 1. The molecule has 5 rings (SSSR count). The van der Waals surface area contributed by atoms with Gasteiger partial charge in [0.15, 0.2) is 5.82 Å². The summed E-state index contributed by atoms with van der Waals surface area (Å²) < 4.78 is 33.6. The highest BCUT2D eigenvalue weighted by Gasteiger charge is 2.30. The van der Waals surface area contributed by atoms with Crippen molar-refractivity contribution in [3.8, 4) is 11.9 Å². The SMILES string of the molecule is N#C[C@H]1CCCCC1n1nc(Nc2ccc(C(=O)C(F)F)cc2)c2c(OCc3ccccc3)nccc21. The first-order chi connectivity index (χ1) is 18.0. The number of ether oxygens (including phenoxy) is 1. The first-order valence-electron chi connectivity index (χ1n) is 12.2. The number of nitrogens with zero attached hydrogens (tertiary/aromatic N) is 4. The van der Waals surface area contributed by atoms with Crippen molar-refractivity contribution >= 4 is 28.2 Å². The number of rotatable bonds is 8. The van der Waals surface area contributed by atoms with Gasteiger partial charge in [-0.3, -0.25) is 9.48 Å². The molecule has 0 radical (unpaired) electrons. The second-order valence-electron chi connectivity index (χ2n) is 9.03. The number of Topliss-reactive ketones (excluding diaryl/α,β-unsaturated/α-hetero) is 1. The minimum absolute atomic E-state index is 0.0662. The first-order valence-corrected chi connectivity index (χ1v) is 12.2. The molecular weight excluding hydrogens is 476 g/mol. The third kappa shape index (κ3) is 5.14. The van der Waals surface area contributed by atoms with Crippen LogP contribution in [0.4, 0.5) is 20.3 Å². The molecule has 4 aromatic rings. The molecule has 1 N–H and O–H groups in total. The van der Waals surface area contributed by atoms with Crippen molar-refractivity contribution in [1.82, 2.24) is 14.8 Å². The maximum Gasteiger partial charge on any atom is 0.300 e. The summed E-state index contributed by atoms with van der Waals surface area (Å²) in [6.07, 6.45) is 2.27. The van der Waals surface area contributed by atoms with Crippen LogP contribution in [-0.4, -0.2) is 27.0 Å². The number of benzene rings is 2. The van der Waals surface area contributed by atoms with Gasteiger partial charge in [0.25, 0.3) is 0 Å². The standard InChI is InChI=1S/C28H25F2N5O2/c29-26(30)25(36)19-10-12-21(13-11-19)33-27-24-23(35(34-27)22-9-5-4-8-20(22)16-31)14-15-32-28(24)37-17-18-6-2-1-3-7-18/h1-3,6-7,10-15,20,22,26H,4-5,8-9,17H2,(H,33,34)/t20-,22?/m1/s1. The van der Waals surface area contributed by atoms with E-state index in [2.05, 4.69) is 16.4 Å². The highest BCUT2D eigenvalue weighted by Crippen LogP contribution is 2.39. The van der Waals surface area contributed by atoms with E-state index in [0.29, 0.717) is 29.4 Å². The highest BCUT2D eigenvalue weighted by atomic mass is 19.3. The molecule has 0 amide bonds. The molecule has 0 spiro atoms. The summed E-state index contributed by atoms with van der Waals surface area (Å²) in [7, 11) is 0. The second-order valence-corrected chi connectivity index (χ2v) is 9.03. The number of halogens is 2. The Morgan fingerprint density at radius 1 is 1.11 bits per heavy atom. The number of aromatic nitrogens is 3. The van der Waals surface area contributed by atoms with Gasteiger partial charge in [-0.2, -0.15) is 10.4 Å². The Morgan fingerprint density at radius 3 is 2.59 bits per heavy atom. The van der Waals surface area contributed by atoms with Crippen molar-refractivity contribution in [2.45, 2.75) is 44.8 Å². The average molecular weight is 502 g/mol. The molecule has 2 atom stereocenters. The van der Waals surface area contributed by atoms with Crippen molar-refractivity contribution in [2.75, 3.05) is 5.32 Å². The Labute approximate surface area is 212 Å². The molecule has 2 aromatic carbocycles. The Morgan fingerprint density at radius 2 is 1.86 bits per heavy atom. The van der Waals surface area contributed by atoms with Crippen LogP contribution in [0, 0.1) is 17.2 Å². The molecule has 2 aromatic heterocycles. The fourth-order valence-electron chi connectivity index (χ4n) is 4.77. The van der Waals surface area contributed by atoms with Crippen molar-refractivity contribution in [3.63, 3.8) is 0 Å². The predicted molar refractivity (Wildman–Crippen MR) is 135 cm³/mol. The molecule has 0 bridgehead atoms. The van der Waals surface area contributed by atoms with E-state index >= 15 is 0 Å². The first kappa shape index (κ1) is 24.4. The number of nitriles is 1. The van der Waals surface area contributed by atoms with Crippen LogP contribution in [0.25, 0.3) is 10.9 Å². The van der Waals surface area contributed by atoms with Crippen LogP contribution in [0.1, 0.15) is 47.6 Å². The van der Waals surface area contributed by atoms with E-state index in [-0.39, 0.29) is 17.5 Å². The number of nitrogens with one attached hydrogen (secondary N) is 1. The quantitative estimate of drug-likeness (QED) is 0.279.